The summed E-state index contributed by atoms with van der Waals surface area (Å²) in [5.41, 5.74) is 3.59. The second-order valence-electron chi connectivity index (χ2n) is 6.27. The lowest BCUT2D eigenvalue weighted by Crippen LogP contribution is -2.35. The van der Waals surface area contributed by atoms with Crippen LogP contribution in [0, 0.1) is 0 Å². The Bertz CT molecular complexity index is 1200. The van der Waals surface area contributed by atoms with E-state index in [1.54, 1.807) is 4.57 Å². The van der Waals surface area contributed by atoms with Gasteiger partial charge >= 0.3 is 0 Å². The number of anilines is 1. The number of nitrogens with one attached hydrogen (secondary N) is 1. The lowest BCUT2D eigenvalue weighted by atomic mass is 10.0. The van der Waals surface area contributed by atoms with Crippen molar-refractivity contribution in [1.82, 2.24) is 9.55 Å². The average molecular weight is 404 g/mol. The SMILES string of the molecule is O=c1c2ccccc2nc2n1C(c1ccc(Br)cc1)Nc1ccccc1-2. The molecule has 26 heavy (non-hydrogen) atoms. The second-order valence-corrected chi connectivity index (χ2v) is 7.19. The van der Waals surface area contributed by atoms with Crippen molar-refractivity contribution in [2.75, 3.05) is 5.32 Å². The molecule has 2 heterocycles. The summed E-state index contributed by atoms with van der Waals surface area (Å²) in [6, 6.07) is 23.5. The molecular weight excluding hydrogens is 390 g/mol. The van der Waals surface area contributed by atoms with E-state index in [0.717, 1.165) is 26.8 Å². The zero-order valence-electron chi connectivity index (χ0n) is 13.7. The van der Waals surface area contributed by atoms with E-state index in [1.807, 2.05) is 72.8 Å². The minimum absolute atomic E-state index is 0.0412. The molecule has 0 radical (unpaired) electrons. The van der Waals surface area contributed by atoms with Crippen LogP contribution in [-0.4, -0.2) is 9.55 Å². The molecule has 3 aromatic carbocycles. The standard InChI is InChI=1S/C21H14BrN3O/c22-14-11-9-13(10-12-14)19-23-17-7-3-1-5-15(17)20-24-18-8-4-2-6-16(18)21(26)25(19)20/h1-12,19,23H. The van der Waals surface area contributed by atoms with E-state index in [2.05, 4.69) is 21.2 Å². The molecule has 0 saturated heterocycles. The number of hydrogen-bond acceptors (Lipinski definition) is 3. The molecule has 1 unspecified atom stereocenters. The summed E-state index contributed by atoms with van der Waals surface area (Å²) in [5.74, 6) is 0.691. The van der Waals surface area contributed by atoms with Gasteiger partial charge in [0.1, 0.15) is 12.0 Å². The summed E-state index contributed by atoms with van der Waals surface area (Å²) >= 11 is 3.47. The molecule has 1 N–H and O–H groups in total. The minimum Gasteiger partial charge on any atom is -0.360 e. The number of rotatable bonds is 1. The second kappa shape index (κ2) is 5.81. The van der Waals surface area contributed by atoms with Gasteiger partial charge in [0.15, 0.2) is 0 Å². The molecule has 0 aliphatic carbocycles. The Hall–Kier alpha value is -2.92. The Labute approximate surface area is 158 Å². The number of nitrogens with zero attached hydrogens (tertiary/aromatic N) is 2. The first-order valence-corrected chi connectivity index (χ1v) is 9.14. The van der Waals surface area contributed by atoms with E-state index in [-0.39, 0.29) is 11.7 Å². The third-order valence-electron chi connectivity index (χ3n) is 4.71. The third-order valence-corrected chi connectivity index (χ3v) is 5.24. The maximum Gasteiger partial charge on any atom is 0.263 e. The number of aromatic nitrogens is 2. The van der Waals surface area contributed by atoms with E-state index < -0.39 is 0 Å². The maximum atomic E-state index is 13.3. The molecular formula is C21H14BrN3O. The van der Waals surface area contributed by atoms with Crippen LogP contribution < -0.4 is 10.9 Å². The van der Waals surface area contributed by atoms with Crippen LogP contribution in [0.1, 0.15) is 11.7 Å². The molecule has 1 aliphatic rings. The van der Waals surface area contributed by atoms with E-state index in [0.29, 0.717) is 11.2 Å². The van der Waals surface area contributed by atoms with Crippen molar-refractivity contribution in [3.8, 4) is 11.4 Å². The number of fused-ring (bicyclic) bond motifs is 4. The molecule has 1 aliphatic heterocycles. The van der Waals surface area contributed by atoms with Gasteiger partial charge in [-0.1, -0.05) is 52.3 Å². The molecule has 1 aromatic heterocycles. The van der Waals surface area contributed by atoms with Crippen LogP contribution in [0.2, 0.25) is 0 Å². The fourth-order valence-corrected chi connectivity index (χ4v) is 3.73. The van der Waals surface area contributed by atoms with Crippen molar-refractivity contribution < 1.29 is 0 Å². The zero-order valence-corrected chi connectivity index (χ0v) is 15.3. The molecule has 1 atom stereocenters. The summed E-state index contributed by atoms with van der Waals surface area (Å²) in [6.07, 6.45) is -0.308. The van der Waals surface area contributed by atoms with Crippen LogP contribution in [-0.2, 0) is 0 Å². The Balaban J connectivity index is 1.86. The minimum atomic E-state index is -0.308. The van der Waals surface area contributed by atoms with Crippen LogP contribution in [0.15, 0.2) is 82.1 Å². The summed E-state index contributed by atoms with van der Waals surface area (Å²) in [5, 5.41) is 4.13. The first-order valence-electron chi connectivity index (χ1n) is 8.35. The highest BCUT2D eigenvalue weighted by atomic mass is 79.9. The molecule has 4 nitrogen and oxygen atoms in total. The van der Waals surface area contributed by atoms with Crippen LogP contribution in [0.25, 0.3) is 22.3 Å². The molecule has 0 amide bonds. The molecule has 0 fully saturated rings. The number of para-hydroxylation sites is 2. The highest BCUT2D eigenvalue weighted by molar-refractivity contribution is 9.10. The summed E-state index contributed by atoms with van der Waals surface area (Å²) < 4.78 is 2.76. The normalized spacial score (nSPS) is 15.2. The molecule has 0 bridgehead atoms. The number of hydrogen-bond donors (Lipinski definition) is 1. The lowest BCUT2D eigenvalue weighted by Gasteiger charge is -2.31. The zero-order chi connectivity index (χ0) is 17.7. The predicted octanol–water partition coefficient (Wildman–Crippen LogP) is 4.80. The van der Waals surface area contributed by atoms with Crippen molar-refractivity contribution in [2.45, 2.75) is 6.17 Å². The van der Waals surface area contributed by atoms with Crippen molar-refractivity contribution in [3.63, 3.8) is 0 Å². The molecule has 5 heteroatoms. The summed E-state index contributed by atoms with van der Waals surface area (Å²) in [7, 11) is 0. The van der Waals surface area contributed by atoms with Gasteiger partial charge in [0, 0.05) is 15.7 Å². The Morgan fingerprint density at radius 2 is 1.65 bits per heavy atom. The number of halogens is 1. The maximum absolute atomic E-state index is 13.3. The van der Waals surface area contributed by atoms with Crippen LogP contribution in [0.5, 0.6) is 0 Å². The third kappa shape index (κ3) is 2.28. The van der Waals surface area contributed by atoms with Gasteiger partial charge in [0.05, 0.1) is 10.9 Å². The van der Waals surface area contributed by atoms with E-state index in [9.17, 15) is 4.79 Å². The van der Waals surface area contributed by atoms with Crippen molar-refractivity contribution in [3.05, 3.63) is 93.2 Å². The van der Waals surface area contributed by atoms with Gasteiger partial charge in [-0.3, -0.25) is 9.36 Å². The fraction of sp³-hybridized carbons (Fsp3) is 0.0476. The predicted molar refractivity (Wildman–Crippen MR) is 107 cm³/mol. The fourth-order valence-electron chi connectivity index (χ4n) is 3.47. The van der Waals surface area contributed by atoms with Gasteiger partial charge in [-0.05, 0) is 42.0 Å². The van der Waals surface area contributed by atoms with Crippen LogP contribution >= 0.6 is 15.9 Å². The molecule has 126 valence electrons. The van der Waals surface area contributed by atoms with E-state index in [1.165, 1.54) is 0 Å². The highest BCUT2D eigenvalue weighted by Gasteiger charge is 2.27. The van der Waals surface area contributed by atoms with Crippen molar-refractivity contribution in [1.29, 1.82) is 0 Å². The molecule has 4 aromatic rings. The first-order chi connectivity index (χ1) is 12.7. The summed E-state index contributed by atoms with van der Waals surface area (Å²) in [4.78, 5) is 18.1. The smallest absolute Gasteiger partial charge is 0.263 e. The number of benzene rings is 3. The first kappa shape index (κ1) is 15.3. The van der Waals surface area contributed by atoms with Gasteiger partial charge < -0.3 is 5.32 Å². The van der Waals surface area contributed by atoms with Gasteiger partial charge in [-0.2, -0.15) is 0 Å². The Morgan fingerprint density at radius 3 is 2.50 bits per heavy atom. The lowest BCUT2D eigenvalue weighted by molar-refractivity contribution is 0.620. The van der Waals surface area contributed by atoms with Gasteiger partial charge in [-0.25, -0.2) is 4.98 Å². The van der Waals surface area contributed by atoms with Gasteiger partial charge in [0.25, 0.3) is 5.56 Å². The molecule has 5 rings (SSSR count). The van der Waals surface area contributed by atoms with Crippen molar-refractivity contribution >= 4 is 32.5 Å². The Kier molecular flexibility index (Phi) is 3.43. The Morgan fingerprint density at radius 1 is 0.923 bits per heavy atom. The van der Waals surface area contributed by atoms with Gasteiger partial charge in [-0.15, -0.1) is 0 Å². The molecule has 0 spiro atoms. The van der Waals surface area contributed by atoms with E-state index in [4.69, 9.17) is 4.98 Å². The van der Waals surface area contributed by atoms with Crippen LogP contribution in [0.3, 0.4) is 0 Å². The topological polar surface area (TPSA) is 46.9 Å². The van der Waals surface area contributed by atoms with Crippen molar-refractivity contribution in [2.24, 2.45) is 0 Å². The quantitative estimate of drug-likeness (QED) is 0.496. The highest BCUT2D eigenvalue weighted by Crippen LogP contribution is 2.36. The van der Waals surface area contributed by atoms with Gasteiger partial charge in [0.2, 0.25) is 0 Å². The monoisotopic (exact) mass is 403 g/mol. The largest absolute Gasteiger partial charge is 0.360 e. The van der Waals surface area contributed by atoms with Crippen LogP contribution in [0.4, 0.5) is 5.69 Å². The average Bonchev–Trinajstić information content (AvgIpc) is 2.68. The van der Waals surface area contributed by atoms with E-state index >= 15 is 0 Å². The summed E-state index contributed by atoms with van der Waals surface area (Å²) in [6.45, 7) is 0. The molecule has 0 saturated carbocycles.